The molecule has 2 aromatic rings. The van der Waals surface area contributed by atoms with Gasteiger partial charge in [0.05, 0.1) is 22.9 Å². The van der Waals surface area contributed by atoms with Gasteiger partial charge in [0, 0.05) is 23.2 Å². The molecule has 1 heterocycles. The van der Waals surface area contributed by atoms with Crippen LogP contribution in [0.4, 0.5) is 5.69 Å². The summed E-state index contributed by atoms with van der Waals surface area (Å²) in [6.45, 7) is 0.402. The van der Waals surface area contributed by atoms with Crippen molar-refractivity contribution in [2.45, 2.75) is 11.4 Å². The molecule has 0 radical (unpaired) electrons. The van der Waals surface area contributed by atoms with Crippen LogP contribution in [0.25, 0.3) is 0 Å². The fourth-order valence-corrected chi connectivity index (χ4v) is 2.17. The van der Waals surface area contributed by atoms with Crippen molar-refractivity contribution in [2.24, 2.45) is 0 Å². The van der Waals surface area contributed by atoms with Gasteiger partial charge in [-0.1, -0.05) is 0 Å². The number of nitrogens with one attached hydrogen (secondary N) is 2. The van der Waals surface area contributed by atoms with Crippen molar-refractivity contribution < 1.29 is 9.72 Å². The first kappa shape index (κ1) is 14.1. The number of H-pyrrole nitrogens is 1. The lowest BCUT2D eigenvalue weighted by atomic mass is 10.3. The van der Waals surface area contributed by atoms with E-state index in [1.807, 2.05) is 0 Å². The number of nitro benzene ring substituents is 1. The summed E-state index contributed by atoms with van der Waals surface area (Å²) in [5, 5.41) is 19.8. The molecule has 0 aliphatic heterocycles. The highest BCUT2D eigenvalue weighted by atomic mass is 32.2. The molecule has 0 aliphatic rings. The van der Waals surface area contributed by atoms with E-state index in [9.17, 15) is 14.9 Å². The summed E-state index contributed by atoms with van der Waals surface area (Å²) in [4.78, 5) is 22.5. The van der Waals surface area contributed by atoms with E-state index >= 15 is 0 Å². The quantitative estimate of drug-likeness (QED) is 0.479. The summed E-state index contributed by atoms with van der Waals surface area (Å²) < 4.78 is 0. The van der Waals surface area contributed by atoms with Crippen LogP contribution in [-0.2, 0) is 11.3 Å². The smallest absolute Gasteiger partial charge is 0.269 e. The van der Waals surface area contributed by atoms with Crippen molar-refractivity contribution in [3.63, 3.8) is 0 Å². The Kier molecular flexibility index (Phi) is 4.72. The number of hydrogen-bond acceptors (Lipinski definition) is 5. The van der Waals surface area contributed by atoms with Crippen molar-refractivity contribution in [2.75, 3.05) is 5.75 Å². The Balaban J connectivity index is 1.76. The Morgan fingerprint density at radius 3 is 2.70 bits per heavy atom. The summed E-state index contributed by atoms with van der Waals surface area (Å²) in [5.41, 5.74) is 0.872. The van der Waals surface area contributed by atoms with E-state index in [1.54, 1.807) is 24.4 Å². The Hall–Kier alpha value is -2.35. The van der Waals surface area contributed by atoms with E-state index in [2.05, 4.69) is 15.5 Å². The number of non-ortho nitro benzene ring substituents is 1. The van der Waals surface area contributed by atoms with Gasteiger partial charge < -0.3 is 5.32 Å². The number of rotatable bonds is 6. The summed E-state index contributed by atoms with van der Waals surface area (Å²) in [5.74, 6) is 0.148. The van der Waals surface area contributed by atoms with Crippen LogP contribution in [0, 0.1) is 10.1 Å². The number of aromatic nitrogens is 2. The van der Waals surface area contributed by atoms with Gasteiger partial charge in [-0.05, 0) is 18.2 Å². The van der Waals surface area contributed by atoms with Gasteiger partial charge in [-0.3, -0.25) is 20.0 Å². The number of carbonyl (C=O) groups excluding carboxylic acids is 1. The first-order valence-corrected chi connectivity index (χ1v) is 6.76. The molecule has 2 rings (SSSR count). The van der Waals surface area contributed by atoms with Gasteiger partial charge in [-0.2, -0.15) is 5.10 Å². The van der Waals surface area contributed by atoms with Crippen LogP contribution in [0.5, 0.6) is 0 Å². The minimum Gasteiger partial charge on any atom is -0.350 e. The zero-order valence-corrected chi connectivity index (χ0v) is 11.2. The van der Waals surface area contributed by atoms with E-state index in [0.717, 1.165) is 10.6 Å². The number of benzene rings is 1. The lowest BCUT2D eigenvalue weighted by Crippen LogP contribution is -2.24. The van der Waals surface area contributed by atoms with Crippen molar-refractivity contribution >= 4 is 23.4 Å². The Morgan fingerprint density at radius 1 is 1.35 bits per heavy atom. The number of nitrogens with zero attached hydrogens (tertiary/aromatic N) is 2. The first-order chi connectivity index (χ1) is 9.65. The molecule has 8 heteroatoms. The van der Waals surface area contributed by atoms with Crippen molar-refractivity contribution in [3.8, 4) is 0 Å². The summed E-state index contributed by atoms with van der Waals surface area (Å²) >= 11 is 1.33. The number of aromatic amines is 1. The van der Waals surface area contributed by atoms with Gasteiger partial charge in [0.2, 0.25) is 5.91 Å². The molecular weight excluding hydrogens is 280 g/mol. The van der Waals surface area contributed by atoms with Crippen LogP contribution < -0.4 is 5.32 Å². The molecule has 1 amide bonds. The summed E-state index contributed by atoms with van der Waals surface area (Å²) in [7, 11) is 0. The zero-order chi connectivity index (χ0) is 14.4. The molecule has 1 aromatic carbocycles. The van der Waals surface area contributed by atoms with E-state index in [0.29, 0.717) is 6.54 Å². The zero-order valence-electron chi connectivity index (χ0n) is 10.4. The minimum absolute atomic E-state index is 0.0399. The Labute approximate surface area is 118 Å². The Bertz CT molecular complexity index is 583. The second-order valence-corrected chi connectivity index (χ2v) is 4.95. The molecule has 0 aliphatic carbocycles. The topological polar surface area (TPSA) is 101 Å². The van der Waals surface area contributed by atoms with Gasteiger partial charge in [0.25, 0.3) is 5.69 Å². The van der Waals surface area contributed by atoms with Crippen molar-refractivity contribution in [1.82, 2.24) is 15.5 Å². The van der Waals surface area contributed by atoms with Crippen molar-refractivity contribution in [3.05, 3.63) is 52.3 Å². The molecule has 0 saturated heterocycles. The third-order valence-corrected chi connectivity index (χ3v) is 3.46. The first-order valence-electron chi connectivity index (χ1n) is 5.77. The van der Waals surface area contributed by atoms with E-state index in [4.69, 9.17) is 0 Å². The summed E-state index contributed by atoms with van der Waals surface area (Å²) in [6, 6.07) is 7.88. The molecule has 2 N–H and O–H groups in total. The van der Waals surface area contributed by atoms with Gasteiger partial charge in [-0.15, -0.1) is 11.8 Å². The molecule has 0 unspecified atom stereocenters. The van der Waals surface area contributed by atoms with Gasteiger partial charge in [-0.25, -0.2) is 0 Å². The number of nitro groups is 1. The second kappa shape index (κ2) is 6.71. The van der Waals surface area contributed by atoms with Crippen LogP contribution >= 0.6 is 11.8 Å². The summed E-state index contributed by atoms with van der Waals surface area (Å²) in [6.07, 6.45) is 1.62. The number of carbonyl (C=O) groups is 1. The standard InChI is InChI=1S/C12H12N4O3S/c17-12(13-7-9-5-6-14-15-9)8-20-11-3-1-10(2-4-11)16(18)19/h1-6H,7-8H2,(H,13,17)(H,14,15). The highest BCUT2D eigenvalue weighted by molar-refractivity contribution is 8.00. The molecule has 0 spiro atoms. The average molecular weight is 292 g/mol. The number of amides is 1. The number of hydrogen-bond donors (Lipinski definition) is 2. The molecule has 104 valence electrons. The SMILES string of the molecule is O=C(CSc1ccc([N+](=O)[O-])cc1)NCc1ccn[nH]1. The molecule has 20 heavy (non-hydrogen) atoms. The van der Waals surface area contributed by atoms with Gasteiger partial charge >= 0.3 is 0 Å². The molecule has 0 fully saturated rings. The lowest BCUT2D eigenvalue weighted by Gasteiger charge is -2.03. The fourth-order valence-electron chi connectivity index (χ4n) is 1.44. The molecule has 1 aromatic heterocycles. The Morgan fingerprint density at radius 2 is 2.10 bits per heavy atom. The van der Waals surface area contributed by atoms with Crippen LogP contribution in [0.1, 0.15) is 5.69 Å². The maximum atomic E-state index is 11.6. The average Bonchev–Trinajstić information content (AvgIpc) is 2.96. The normalized spacial score (nSPS) is 10.2. The lowest BCUT2D eigenvalue weighted by molar-refractivity contribution is -0.384. The third-order valence-electron chi connectivity index (χ3n) is 2.45. The molecule has 7 nitrogen and oxygen atoms in total. The third kappa shape index (κ3) is 4.09. The predicted octanol–water partition coefficient (Wildman–Crippen LogP) is 1.73. The highest BCUT2D eigenvalue weighted by Gasteiger charge is 2.06. The number of thioether (sulfide) groups is 1. The van der Waals surface area contributed by atoms with E-state index < -0.39 is 4.92 Å². The van der Waals surface area contributed by atoms with Gasteiger partial charge in [0.1, 0.15) is 0 Å². The molecule has 0 atom stereocenters. The maximum absolute atomic E-state index is 11.6. The maximum Gasteiger partial charge on any atom is 0.269 e. The minimum atomic E-state index is -0.453. The van der Waals surface area contributed by atoms with Crippen LogP contribution in [0.3, 0.4) is 0 Å². The fraction of sp³-hybridized carbons (Fsp3) is 0.167. The van der Waals surface area contributed by atoms with E-state index in [-0.39, 0.29) is 17.3 Å². The van der Waals surface area contributed by atoms with Gasteiger partial charge in [0.15, 0.2) is 0 Å². The monoisotopic (exact) mass is 292 g/mol. The largest absolute Gasteiger partial charge is 0.350 e. The second-order valence-electron chi connectivity index (χ2n) is 3.90. The van der Waals surface area contributed by atoms with E-state index in [1.165, 1.54) is 23.9 Å². The van der Waals surface area contributed by atoms with Crippen molar-refractivity contribution in [1.29, 1.82) is 0 Å². The molecule has 0 saturated carbocycles. The highest BCUT2D eigenvalue weighted by Crippen LogP contribution is 2.20. The van der Waals surface area contributed by atoms with Crippen LogP contribution in [-0.4, -0.2) is 26.8 Å². The molecular formula is C12H12N4O3S. The predicted molar refractivity (Wildman–Crippen MR) is 74.3 cm³/mol. The molecule has 0 bridgehead atoms. The van der Waals surface area contributed by atoms with Crippen LogP contribution in [0.15, 0.2) is 41.4 Å². The van der Waals surface area contributed by atoms with Crippen LogP contribution in [0.2, 0.25) is 0 Å².